The van der Waals surface area contributed by atoms with Crippen LogP contribution in [0.1, 0.15) is 29.8 Å². The summed E-state index contributed by atoms with van der Waals surface area (Å²) in [7, 11) is 0. The number of aliphatic carboxylic acids is 1. The number of nitrogens with one attached hydrogen (secondary N) is 1. The standard InChI is InChI=1S/C20H21N5O3Se/c1-3-24(4-2)20(29)14-7-5-13(6-8-14)19(28)25(12-18(26)27)15-9-10-16-17(11-15)22-23-21-16/h5-11H,3-4,12H2,1-2H3,(H,26,27)(H,21,22,23). The summed E-state index contributed by atoms with van der Waals surface area (Å²) < 4.78 is 1.01. The molecule has 0 aliphatic carbocycles. The Hall–Kier alpha value is -3.03. The summed E-state index contributed by atoms with van der Waals surface area (Å²) in [6.07, 6.45) is 0. The Kier molecular flexibility index (Phi) is 6.41. The predicted molar refractivity (Wildman–Crippen MR) is 112 cm³/mol. The summed E-state index contributed by atoms with van der Waals surface area (Å²) in [5, 5.41) is 19.8. The van der Waals surface area contributed by atoms with Gasteiger partial charge in [-0.3, -0.25) is 0 Å². The zero-order valence-electron chi connectivity index (χ0n) is 16.1. The van der Waals surface area contributed by atoms with Crippen molar-refractivity contribution in [3.63, 3.8) is 0 Å². The van der Waals surface area contributed by atoms with Crippen molar-refractivity contribution in [2.24, 2.45) is 0 Å². The number of benzene rings is 2. The minimum absolute atomic E-state index is 0.397. The van der Waals surface area contributed by atoms with Crippen LogP contribution in [0.4, 0.5) is 5.69 Å². The summed E-state index contributed by atoms with van der Waals surface area (Å²) in [6, 6.07) is 12.1. The summed E-state index contributed by atoms with van der Waals surface area (Å²) in [6.45, 7) is 5.44. The number of H-pyrrole nitrogens is 1. The SMILES string of the molecule is CCN(CC)C(=[Se])c1ccc(C(=O)N(CC(=O)O)c2ccc3n[nH]nc3c2)cc1. The summed E-state index contributed by atoms with van der Waals surface area (Å²) in [5.41, 5.74) is 3.02. The molecule has 29 heavy (non-hydrogen) atoms. The van der Waals surface area contributed by atoms with E-state index in [0.717, 1.165) is 23.2 Å². The van der Waals surface area contributed by atoms with Crippen molar-refractivity contribution in [3.05, 3.63) is 53.6 Å². The maximum absolute atomic E-state index is 13.1. The van der Waals surface area contributed by atoms with Gasteiger partial charge in [0.05, 0.1) is 0 Å². The number of aromatic nitrogens is 3. The summed E-state index contributed by atoms with van der Waals surface area (Å²) in [5.74, 6) is -1.50. The van der Waals surface area contributed by atoms with Gasteiger partial charge in [0.2, 0.25) is 0 Å². The molecule has 0 aliphatic heterocycles. The van der Waals surface area contributed by atoms with Gasteiger partial charge < -0.3 is 0 Å². The number of carbonyl (C=O) groups is 2. The van der Waals surface area contributed by atoms with Crippen LogP contribution in [-0.2, 0) is 4.79 Å². The van der Waals surface area contributed by atoms with Crippen molar-refractivity contribution in [1.82, 2.24) is 20.3 Å². The number of carboxylic acids is 1. The molecule has 1 amide bonds. The molecule has 1 heterocycles. The summed E-state index contributed by atoms with van der Waals surface area (Å²) in [4.78, 5) is 27.9. The van der Waals surface area contributed by atoms with Crippen LogP contribution in [0.15, 0.2) is 42.5 Å². The number of hydrogen-bond donors (Lipinski definition) is 2. The molecule has 0 saturated heterocycles. The van der Waals surface area contributed by atoms with E-state index in [1.807, 2.05) is 12.1 Å². The van der Waals surface area contributed by atoms with Crippen LogP contribution in [0.5, 0.6) is 0 Å². The Morgan fingerprint density at radius 1 is 1.00 bits per heavy atom. The number of aromatic amines is 1. The first-order valence-corrected chi connectivity index (χ1v) is 10.0. The normalized spacial score (nSPS) is 10.7. The second kappa shape index (κ2) is 8.98. The third-order valence-corrected chi connectivity index (χ3v) is 5.62. The number of rotatable bonds is 8. The van der Waals surface area contributed by atoms with Crippen LogP contribution >= 0.6 is 0 Å². The third kappa shape index (κ3) is 4.52. The molecule has 9 heteroatoms. The topological polar surface area (TPSA) is 102 Å². The van der Waals surface area contributed by atoms with Gasteiger partial charge in [-0.2, -0.15) is 0 Å². The second-order valence-electron chi connectivity index (χ2n) is 6.34. The fourth-order valence-corrected chi connectivity index (χ4v) is 3.84. The first-order chi connectivity index (χ1) is 13.9. The molecule has 0 atom stereocenters. The molecule has 0 aliphatic rings. The van der Waals surface area contributed by atoms with Gasteiger partial charge in [-0.1, -0.05) is 0 Å². The van der Waals surface area contributed by atoms with Gasteiger partial charge in [-0.15, -0.1) is 0 Å². The Morgan fingerprint density at radius 2 is 1.62 bits per heavy atom. The van der Waals surface area contributed by atoms with Crippen molar-refractivity contribution in [3.8, 4) is 0 Å². The fraction of sp³-hybridized carbons (Fsp3) is 0.250. The van der Waals surface area contributed by atoms with E-state index in [1.165, 1.54) is 4.90 Å². The average Bonchev–Trinajstić information content (AvgIpc) is 3.20. The molecule has 1 aromatic heterocycles. The molecule has 0 saturated carbocycles. The number of amides is 1. The number of carboxylic acid groups (broad SMARTS) is 1. The molecule has 2 N–H and O–H groups in total. The number of carbonyl (C=O) groups excluding carboxylic acids is 1. The number of anilines is 1. The van der Waals surface area contributed by atoms with E-state index < -0.39 is 18.4 Å². The van der Waals surface area contributed by atoms with E-state index in [9.17, 15) is 14.7 Å². The van der Waals surface area contributed by atoms with Crippen molar-refractivity contribution < 1.29 is 14.7 Å². The van der Waals surface area contributed by atoms with Crippen LogP contribution < -0.4 is 4.90 Å². The van der Waals surface area contributed by atoms with Crippen LogP contribution in [0, 0.1) is 0 Å². The fourth-order valence-electron chi connectivity index (χ4n) is 3.02. The number of hydrogen-bond acceptors (Lipinski definition) is 5. The van der Waals surface area contributed by atoms with Crippen molar-refractivity contribution in [2.75, 3.05) is 24.5 Å². The Labute approximate surface area is 175 Å². The van der Waals surface area contributed by atoms with E-state index in [-0.39, 0.29) is 0 Å². The monoisotopic (exact) mass is 459 g/mol. The maximum atomic E-state index is 13.1. The molecule has 0 unspecified atom stereocenters. The van der Waals surface area contributed by atoms with Crippen molar-refractivity contribution in [2.45, 2.75) is 13.8 Å². The molecule has 3 aromatic rings. The number of fused-ring (bicyclic) bond motifs is 1. The molecule has 0 fully saturated rings. The number of nitrogens with zero attached hydrogens (tertiary/aromatic N) is 4. The van der Waals surface area contributed by atoms with E-state index in [4.69, 9.17) is 0 Å². The zero-order valence-corrected chi connectivity index (χ0v) is 17.8. The molecule has 0 radical (unpaired) electrons. The quantitative estimate of drug-likeness (QED) is 0.498. The van der Waals surface area contributed by atoms with Crippen molar-refractivity contribution in [1.29, 1.82) is 0 Å². The first kappa shape index (κ1) is 20.7. The van der Waals surface area contributed by atoms with Gasteiger partial charge in [-0.05, 0) is 0 Å². The van der Waals surface area contributed by atoms with E-state index >= 15 is 0 Å². The average molecular weight is 458 g/mol. The van der Waals surface area contributed by atoms with Gasteiger partial charge in [0.1, 0.15) is 0 Å². The predicted octanol–water partition coefficient (Wildman–Crippen LogP) is 1.68. The molecule has 8 nitrogen and oxygen atoms in total. The Morgan fingerprint density at radius 3 is 2.24 bits per heavy atom. The van der Waals surface area contributed by atoms with Crippen LogP contribution in [-0.4, -0.2) is 77.0 Å². The molecular weight excluding hydrogens is 437 g/mol. The van der Waals surface area contributed by atoms with Gasteiger partial charge in [-0.25, -0.2) is 0 Å². The Bertz CT molecular complexity index is 1040. The zero-order chi connectivity index (χ0) is 21.0. The Balaban J connectivity index is 1.89. The molecule has 150 valence electrons. The van der Waals surface area contributed by atoms with Gasteiger partial charge in [0.25, 0.3) is 0 Å². The van der Waals surface area contributed by atoms with E-state index in [2.05, 4.69) is 49.7 Å². The van der Waals surface area contributed by atoms with Gasteiger partial charge in [0.15, 0.2) is 0 Å². The minimum atomic E-state index is -1.10. The van der Waals surface area contributed by atoms with E-state index in [0.29, 0.717) is 22.3 Å². The molecule has 0 bridgehead atoms. The first-order valence-electron chi connectivity index (χ1n) is 9.18. The van der Waals surface area contributed by atoms with E-state index in [1.54, 1.807) is 30.3 Å². The van der Waals surface area contributed by atoms with Gasteiger partial charge in [0, 0.05) is 0 Å². The van der Waals surface area contributed by atoms with Crippen LogP contribution in [0.3, 0.4) is 0 Å². The molecule has 0 spiro atoms. The third-order valence-electron chi connectivity index (χ3n) is 4.58. The molecular formula is C20H21N5O3Se. The van der Waals surface area contributed by atoms with Crippen LogP contribution in [0.2, 0.25) is 0 Å². The molecule has 3 rings (SSSR count). The summed E-state index contributed by atoms with van der Waals surface area (Å²) >= 11 is 3.09. The van der Waals surface area contributed by atoms with Crippen LogP contribution in [0.25, 0.3) is 11.0 Å². The second-order valence-corrected chi connectivity index (χ2v) is 7.15. The van der Waals surface area contributed by atoms with Gasteiger partial charge >= 0.3 is 176 Å². The van der Waals surface area contributed by atoms with Crippen molar-refractivity contribution >= 4 is 48.7 Å². The molecule has 2 aromatic carbocycles.